The van der Waals surface area contributed by atoms with Crippen molar-refractivity contribution in [2.45, 2.75) is 83.9 Å². The minimum Gasteiger partial charge on any atom is -0.481 e. The van der Waals surface area contributed by atoms with E-state index in [-0.39, 0.29) is 6.40 Å². The Bertz CT molecular complexity index is 298. The van der Waals surface area contributed by atoms with Crippen molar-refractivity contribution in [3.05, 3.63) is 24.3 Å². The van der Waals surface area contributed by atoms with E-state index < -0.39 is 5.97 Å². The van der Waals surface area contributed by atoms with Crippen LogP contribution in [0.25, 0.3) is 0 Å². The van der Waals surface area contributed by atoms with E-state index in [1.807, 2.05) is 6.08 Å². The number of aliphatic carboxylic acids is 1. The minimum atomic E-state index is -0.685. The van der Waals surface area contributed by atoms with Crippen molar-refractivity contribution in [2.75, 3.05) is 0 Å². The summed E-state index contributed by atoms with van der Waals surface area (Å²) >= 11 is 0. The molecule has 20 heavy (non-hydrogen) atoms. The van der Waals surface area contributed by atoms with Crippen molar-refractivity contribution >= 4 is 5.97 Å². The molecule has 116 valence electrons. The van der Waals surface area contributed by atoms with Gasteiger partial charge in [-0.3, -0.25) is 4.79 Å². The predicted octanol–water partition coefficient (Wildman–Crippen LogP) is 5.88. The first-order chi connectivity index (χ1) is 10.2. The summed E-state index contributed by atoms with van der Waals surface area (Å²) in [7, 11) is 0. The fourth-order valence-electron chi connectivity index (χ4n) is 1.95. The van der Waals surface area contributed by atoms with Crippen LogP contribution in [0.15, 0.2) is 24.3 Å². The molecule has 0 saturated carbocycles. The van der Waals surface area contributed by atoms with Crippen LogP contribution in [0.2, 0.25) is 0 Å². The van der Waals surface area contributed by atoms with Crippen molar-refractivity contribution in [3.63, 3.8) is 0 Å². The lowest BCUT2D eigenvalue weighted by atomic mass is 10.1. The molecule has 1 unspecified atom stereocenters. The van der Waals surface area contributed by atoms with Crippen LogP contribution in [0.4, 0.5) is 0 Å². The number of hydrogen-bond donors (Lipinski definition) is 1. The Balaban J connectivity index is 3.32. The molecule has 0 spiro atoms. The maximum Gasteiger partial charge on any atom is 0.303 e. The molecule has 0 fully saturated rings. The maximum atomic E-state index is 10.3. The van der Waals surface area contributed by atoms with Crippen molar-refractivity contribution in [2.24, 2.45) is 0 Å². The molecular weight excluding hydrogens is 248 g/mol. The summed E-state index contributed by atoms with van der Waals surface area (Å²) in [6.45, 7) is 2.16. The van der Waals surface area contributed by atoms with Crippen LogP contribution >= 0.6 is 0 Å². The fraction of sp³-hybridized carbons (Fsp3) is 0.722. The molecule has 0 amide bonds. The summed E-state index contributed by atoms with van der Waals surface area (Å²) in [5, 5.41) is 8.51. The quantitative estimate of drug-likeness (QED) is 0.318. The zero-order valence-electron chi connectivity index (χ0n) is 14.0. The first-order valence-corrected chi connectivity index (χ1v) is 8.12. The monoisotopic (exact) mass is 281 g/mol. The van der Waals surface area contributed by atoms with Gasteiger partial charge in [-0.2, -0.15) is 0 Å². The third-order valence-corrected chi connectivity index (χ3v) is 3.20. The van der Waals surface area contributed by atoms with E-state index in [1.54, 1.807) is 0 Å². The Kier molecular flexibility index (Phi) is 13.6. The Hall–Kier alpha value is -1.05. The number of unbranched alkanes of at least 4 members (excludes halogenated alkanes) is 6. The largest absolute Gasteiger partial charge is 0.481 e. The fourth-order valence-corrected chi connectivity index (χ4v) is 1.95. The van der Waals surface area contributed by atoms with E-state index in [2.05, 4.69) is 25.2 Å². The second-order valence-electron chi connectivity index (χ2n) is 5.21. The van der Waals surface area contributed by atoms with Gasteiger partial charge in [0.05, 0.1) is 0 Å². The normalized spacial score (nSPS) is 13.9. The summed E-state index contributed by atoms with van der Waals surface area (Å²) in [5.74, 6) is -0.685. The standard InChI is InChI=1S/C18H32O2/c1-2-3-4-5-6-7-8-9-10-11-12-13-14-15-16-17-18(19)20/h6-7,9-10H,2-5,8,11-17H2,1H3,(H,19,20)/b7-6-,10-9-/i5D. The third kappa shape index (κ3) is 16.9. The lowest BCUT2D eigenvalue weighted by molar-refractivity contribution is -0.137. The Morgan fingerprint density at radius 1 is 0.950 bits per heavy atom. The Morgan fingerprint density at radius 3 is 2.40 bits per heavy atom. The maximum absolute atomic E-state index is 10.3. The molecular formula is C18H32O2. The second kappa shape index (κ2) is 16.0. The summed E-state index contributed by atoms with van der Waals surface area (Å²) in [6.07, 6.45) is 19.4. The molecule has 0 aromatic heterocycles. The zero-order chi connectivity index (χ0) is 15.8. The van der Waals surface area contributed by atoms with Gasteiger partial charge in [0.2, 0.25) is 0 Å². The third-order valence-electron chi connectivity index (χ3n) is 3.20. The Labute approximate surface area is 126 Å². The highest BCUT2D eigenvalue weighted by atomic mass is 16.4. The van der Waals surface area contributed by atoms with Gasteiger partial charge >= 0.3 is 5.97 Å². The highest BCUT2D eigenvalue weighted by Crippen LogP contribution is 2.08. The van der Waals surface area contributed by atoms with Gasteiger partial charge in [0.1, 0.15) is 0 Å². The van der Waals surface area contributed by atoms with Crippen LogP contribution < -0.4 is 0 Å². The van der Waals surface area contributed by atoms with E-state index in [0.29, 0.717) is 6.42 Å². The van der Waals surface area contributed by atoms with Crippen molar-refractivity contribution < 1.29 is 11.3 Å². The van der Waals surface area contributed by atoms with Gasteiger partial charge in [-0.15, -0.1) is 0 Å². The van der Waals surface area contributed by atoms with Gasteiger partial charge in [-0.1, -0.05) is 63.3 Å². The topological polar surface area (TPSA) is 37.3 Å². The van der Waals surface area contributed by atoms with Gasteiger partial charge in [0, 0.05) is 7.79 Å². The zero-order valence-corrected chi connectivity index (χ0v) is 13.0. The molecule has 2 nitrogen and oxygen atoms in total. The Morgan fingerprint density at radius 2 is 1.65 bits per heavy atom. The SMILES string of the molecule is [2H]C(/C=C\C/C=C\CCCCCCCC(=O)O)CCCC. The van der Waals surface area contributed by atoms with Gasteiger partial charge in [-0.05, 0) is 38.5 Å². The molecule has 0 aliphatic heterocycles. The average Bonchev–Trinajstić information content (AvgIpc) is 2.45. The smallest absolute Gasteiger partial charge is 0.303 e. The average molecular weight is 281 g/mol. The molecule has 0 aliphatic rings. The highest BCUT2D eigenvalue weighted by Gasteiger charge is 1.95. The van der Waals surface area contributed by atoms with E-state index in [1.165, 1.54) is 19.3 Å². The molecule has 0 radical (unpaired) electrons. The van der Waals surface area contributed by atoms with Crippen molar-refractivity contribution in [1.82, 2.24) is 0 Å². The summed E-state index contributed by atoms with van der Waals surface area (Å²) in [5.41, 5.74) is 0. The van der Waals surface area contributed by atoms with Gasteiger partial charge in [0.15, 0.2) is 0 Å². The summed E-state index contributed by atoms with van der Waals surface area (Å²) < 4.78 is 7.78. The van der Waals surface area contributed by atoms with Crippen LogP contribution in [0.5, 0.6) is 0 Å². The van der Waals surface area contributed by atoms with Gasteiger partial charge in [-0.25, -0.2) is 0 Å². The molecule has 0 bridgehead atoms. The highest BCUT2D eigenvalue weighted by molar-refractivity contribution is 5.66. The molecule has 0 saturated heterocycles. The van der Waals surface area contributed by atoms with Gasteiger partial charge in [0.25, 0.3) is 0 Å². The molecule has 0 heterocycles. The van der Waals surface area contributed by atoms with E-state index in [9.17, 15) is 4.79 Å². The first-order valence-electron chi connectivity index (χ1n) is 8.70. The number of carboxylic acids is 1. The van der Waals surface area contributed by atoms with Crippen LogP contribution in [-0.4, -0.2) is 11.1 Å². The summed E-state index contributed by atoms with van der Waals surface area (Å²) in [6, 6.07) is 0. The second-order valence-corrected chi connectivity index (χ2v) is 5.21. The number of rotatable bonds is 14. The van der Waals surface area contributed by atoms with Crippen molar-refractivity contribution in [1.29, 1.82) is 0 Å². The van der Waals surface area contributed by atoms with E-state index >= 15 is 0 Å². The van der Waals surface area contributed by atoms with Crippen LogP contribution in [-0.2, 0) is 4.79 Å². The van der Waals surface area contributed by atoms with Crippen LogP contribution in [0, 0.1) is 0 Å². The number of carboxylic acid groups (broad SMARTS) is 1. The lowest BCUT2D eigenvalue weighted by Crippen LogP contribution is -1.93. The molecule has 0 aromatic carbocycles. The van der Waals surface area contributed by atoms with Gasteiger partial charge < -0.3 is 5.11 Å². The molecule has 0 aliphatic carbocycles. The summed E-state index contributed by atoms with van der Waals surface area (Å²) in [4.78, 5) is 10.3. The lowest BCUT2D eigenvalue weighted by Gasteiger charge is -1.98. The molecule has 0 aromatic rings. The number of hydrogen-bond acceptors (Lipinski definition) is 1. The van der Waals surface area contributed by atoms with Crippen LogP contribution in [0.1, 0.15) is 85.3 Å². The number of allylic oxidation sites excluding steroid dienone is 4. The van der Waals surface area contributed by atoms with Crippen LogP contribution in [0.3, 0.4) is 0 Å². The molecule has 2 heteroatoms. The predicted molar refractivity (Wildman–Crippen MR) is 87.0 cm³/mol. The first kappa shape index (κ1) is 17.0. The molecule has 0 rings (SSSR count). The molecule has 1 atom stereocenters. The van der Waals surface area contributed by atoms with E-state index in [0.717, 1.165) is 44.9 Å². The van der Waals surface area contributed by atoms with E-state index in [4.69, 9.17) is 6.48 Å². The minimum absolute atomic E-state index is 0.0378. The van der Waals surface area contributed by atoms with Crippen molar-refractivity contribution in [3.8, 4) is 0 Å². The molecule has 1 N–H and O–H groups in total. The number of carbonyl (C=O) groups is 1.